The molecule has 1 atom stereocenters. The molecular formula is C22H30N2O4. The number of hydrogen-bond donors (Lipinski definition) is 2. The second kappa shape index (κ2) is 8.37. The van der Waals surface area contributed by atoms with Crippen LogP contribution in [0.5, 0.6) is 11.5 Å². The summed E-state index contributed by atoms with van der Waals surface area (Å²) in [5.41, 5.74) is 3.27. The summed E-state index contributed by atoms with van der Waals surface area (Å²) in [6.45, 7) is 6.51. The Morgan fingerprint density at radius 2 is 2.00 bits per heavy atom. The highest BCUT2D eigenvalue weighted by Gasteiger charge is 2.30. The zero-order chi connectivity index (χ0) is 20.4. The first-order chi connectivity index (χ1) is 13.3. The van der Waals surface area contributed by atoms with E-state index >= 15 is 0 Å². The van der Waals surface area contributed by atoms with Gasteiger partial charge in [0.25, 0.3) is 5.91 Å². The third-order valence-corrected chi connectivity index (χ3v) is 5.31. The van der Waals surface area contributed by atoms with Crippen molar-refractivity contribution in [3.8, 4) is 11.5 Å². The standard InChI is InChI=1S/C22H30N2O4/c1-14(2)18-10-19(21(26)11-20(18)25)22(27)24-12-15-5-6-17(9-16(15)13-24)28-8-7-23(3)4/h5-6,10-11,14,17,25-26H,7-9,12-13H2,1-4H3. The molecule has 152 valence electrons. The number of amides is 1. The average molecular weight is 386 g/mol. The molecule has 1 aromatic rings. The van der Waals surface area contributed by atoms with Crippen LogP contribution in [0.25, 0.3) is 0 Å². The molecule has 1 aliphatic heterocycles. The van der Waals surface area contributed by atoms with Crippen molar-refractivity contribution in [1.29, 1.82) is 0 Å². The van der Waals surface area contributed by atoms with Crippen molar-refractivity contribution in [2.45, 2.75) is 32.3 Å². The fourth-order valence-electron chi connectivity index (χ4n) is 3.65. The van der Waals surface area contributed by atoms with E-state index in [9.17, 15) is 15.0 Å². The SMILES string of the molecule is CC(C)c1cc(C(=O)N2CC3=C(CC(OCCN(C)C)C=C3)C2)c(O)cc1O. The number of hydrogen-bond acceptors (Lipinski definition) is 5. The first-order valence-electron chi connectivity index (χ1n) is 9.76. The number of carbonyl (C=O) groups is 1. The predicted octanol–water partition coefficient (Wildman–Crippen LogP) is 2.88. The molecule has 6 nitrogen and oxygen atoms in total. The van der Waals surface area contributed by atoms with E-state index in [0.29, 0.717) is 25.3 Å². The molecule has 1 amide bonds. The fraction of sp³-hybridized carbons (Fsp3) is 0.500. The van der Waals surface area contributed by atoms with E-state index in [2.05, 4.69) is 17.1 Å². The number of benzene rings is 1. The van der Waals surface area contributed by atoms with Gasteiger partial charge in [-0.25, -0.2) is 0 Å². The van der Waals surface area contributed by atoms with Gasteiger partial charge in [-0.3, -0.25) is 4.79 Å². The molecule has 0 radical (unpaired) electrons. The zero-order valence-electron chi connectivity index (χ0n) is 17.1. The van der Waals surface area contributed by atoms with Gasteiger partial charge in [-0.05, 0) is 42.8 Å². The summed E-state index contributed by atoms with van der Waals surface area (Å²) in [4.78, 5) is 16.9. The van der Waals surface area contributed by atoms with Gasteiger partial charge in [0.1, 0.15) is 11.5 Å². The van der Waals surface area contributed by atoms with Crippen LogP contribution in [-0.2, 0) is 4.74 Å². The van der Waals surface area contributed by atoms with Crippen LogP contribution >= 0.6 is 0 Å². The number of nitrogens with zero attached hydrogens (tertiary/aromatic N) is 2. The molecule has 2 aliphatic rings. The summed E-state index contributed by atoms with van der Waals surface area (Å²) in [5.74, 6) is -0.326. The lowest BCUT2D eigenvalue weighted by molar-refractivity contribution is 0.0712. The molecule has 3 rings (SSSR count). The lowest BCUT2D eigenvalue weighted by Gasteiger charge is -2.20. The molecule has 0 fully saturated rings. The Morgan fingerprint density at radius 3 is 2.68 bits per heavy atom. The second-order valence-electron chi connectivity index (χ2n) is 8.15. The Bertz CT molecular complexity index is 811. The van der Waals surface area contributed by atoms with Gasteiger partial charge < -0.3 is 24.7 Å². The van der Waals surface area contributed by atoms with Crippen LogP contribution in [0, 0.1) is 0 Å². The quantitative estimate of drug-likeness (QED) is 0.787. The van der Waals surface area contributed by atoms with Crippen LogP contribution in [0.1, 0.15) is 42.1 Å². The molecule has 28 heavy (non-hydrogen) atoms. The van der Waals surface area contributed by atoms with Crippen molar-refractivity contribution in [1.82, 2.24) is 9.80 Å². The van der Waals surface area contributed by atoms with Gasteiger partial charge >= 0.3 is 0 Å². The number of likely N-dealkylation sites (N-methyl/N-ethyl adjacent to an activating group) is 1. The third kappa shape index (κ3) is 4.39. The highest BCUT2D eigenvalue weighted by Crippen LogP contribution is 2.35. The molecule has 0 saturated heterocycles. The number of carbonyl (C=O) groups excluding carboxylic acids is 1. The number of phenolic OH excluding ortho intramolecular Hbond substituents is 2. The molecule has 0 spiro atoms. The van der Waals surface area contributed by atoms with Crippen molar-refractivity contribution in [3.05, 3.63) is 46.6 Å². The van der Waals surface area contributed by atoms with E-state index in [1.807, 2.05) is 27.9 Å². The minimum absolute atomic E-state index is 0.0172. The number of aromatic hydroxyl groups is 2. The molecule has 1 aromatic carbocycles. The zero-order valence-corrected chi connectivity index (χ0v) is 17.1. The topological polar surface area (TPSA) is 73.2 Å². The molecular weight excluding hydrogens is 356 g/mol. The van der Waals surface area contributed by atoms with E-state index in [-0.39, 0.29) is 35.0 Å². The van der Waals surface area contributed by atoms with E-state index in [1.165, 1.54) is 11.6 Å². The van der Waals surface area contributed by atoms with Crippen LogP contribution in [0.2, 0.25) is 0 Å². The van der Waals surface area contributed by atoms with Crippen molar-refractivity contribution >= 4 is 5.91 Å². The van der Waals surface area contributed by atoms with Crippen LogP contribution in [0.4, 0.5) is 0 Å². The Morgan fingerprint density at radius 1 is 1.25 bits per heavy atom. The van der Waals surface area contributed by atoms with Crippen LogP contribution in [-0.4, -0.2) is 72.4 Å². The molecule has 1 aliphatic carbocycles. The van der Waals surface area contributed by atoms with Crippen LogP contribution in [0.3, 0.4) is 0 Å². The lowest BCUT2D eigenvalue weighted by Crippen LogP contribution is -2.29. The molecule has 0 bridgehead atoms. The average Bonchev–Trinajstić information content (AvgIpc) is 3.04. The van der Waals surface area contributed by atoms with Gasteiger partial charge in [0.15, 0.2) is 0 Å². The maximum Gasteiger partial charge on any atom is 0.258 e. The van der Waals surface area contributed by atoms with E-state index in [1.54, 1.807) is 11.0 Å². The smallest absolute Gasteiger partial charge is 0.258 e. The Hall–Kier alpha value is -2.31. The molecule has 0 aromatic heterocycles. The molecule has 1 heterocycles. The lowest BCUT2D eigenvalue weighted by atomic mass is 9.98. The summed E-state index contributed by atoms with van der Waals surface area (Å²) in [6, 6.07) is 2.87. The normalized spacial score (nSPS) is 19.1. The van der Waals surface area contributed by atoms with Gasteiger partial charge in [0, 0.05) is 32.1 Å². The molecule has 2 N–H and O–H groups in total. The van der Waals surface area contributed by atoms with Crippen molar-refractivity contribution < 1.29 is 19.7 Å². The maximum atomic E-state index is 13.0. The van der Waals surface area contributed by atoms with Gasteiger partial charge in [-0.2, -0.15) is 0 Å². The van der Waals surface area contributed by atoms with Gasteiger partial charge in [-0.1, -0.05) is 26.0 Å². The number of rotatable bonds is 6. The predicted molar refractivity (Wildman–Crippen MR) is 109 cm³/mol. The molecule has 0 saturated carbocycles. The minimum Gasteiger partial charge on any atom is -0.508 e. The highest BCUT2D eigenvalue weighted by atomic mass is 16.5. The van der Waals surface area contributed by atoms with Crippen molar-refractivity contribution in [3.63, 3.8) is 0 Å². The summed E-state index contributed by atoms with van der Waals surface area (Å²) in [7, 11) is 4.04. The summed E-state index contributed by atoms with van der Waals surface area (Å²) in [5, 5.41) is 20.2. The highest BCUT2D eigenvalue weighted by molar-refractivity contribution is 5.98. The Balaban J connectivity index is 1.66. The van der Waals surface area contributed by atoms with E-state index in [0.717, 1.165) is 18.5 Å². The van der Waals surface area contributed by atoms with Crippen molar-refractivity contribution in [2.75, 3.05) is 40.3 Å². The monoisotopic (exact) mass is 386 g/mol. The fourth-order valence-corrected chi connectivity index (χ4v) is 3.65. The van der Waals surface area contributed by atoms with E-state index in [4.69, 9.17) is 4.74 Å². The van der Waals surface area contributed by atoms with Gasteiger partial charge in [-0.15, -0.1) is 0 Å². The summed E-state index contributed by atoms with van der Waals surface area (Å²) < 4.78 is 5.92. The summed E-state index contributed by atoms with van der Waals surface area (Å²) >= 11 is 0. The number of phenols is 2. The maximum absolute atomic E-state index is 13.0. The van der Waals surface area contributed by atoms with Crippen LogP contribution in [0.15, 0.2) is 35.4 Å². The molecule has 1 unspecified atom stereocenters. The van der Waals surface area contributed by atoms with Gasteiger partial charge in [0.05, 0.1) is 18.3 Å². The largest absolute Gasteiger partial charge is 0.508 e. The molecule has 6 heteroatoms. The summed E-state index contributed by atoms with van der Waals surface area (Å²) in [6.07, 6.45) is 4.96. The second-order valence-corrected chi connectivity index (χ2v) is 8.15. The number of ether oxygens (including phenoxy) is 1. The first-order valence-corrected chi connectivity index (χ1v) is 9.76. The first kappa shape index (κ1) is 20.4. The third-order valence-electron chi connectivity index (χ3n) is 5.31. The van der Waals surface area contributed by atoms with Gasteiger partial charge in [0.2, 0.25) is 0 Å². The Labute approximate surface area is 166 Å². The van der Waals surface area contributed by atoms with Crippen LogP contribution < -0.4 is 0 Å². The van der Waals surface area contributed by atoms with Crippen molar-refractivity contribution in [2.24, 2.45) is 0 Å². The Kier molecular flexibility index (Phi) is 6.10. The van der Waals surface area contributed by atoms with E-state index < -0.39 is 0 Å². The minimum atomic E-state index is -0.215.